The minimum absolute atomic E-state index is 0.0616. The van der Waals surface area contributed by atoms with Gasteiger partial charge in [0.25, 0.3) is 12.3 Å². The van der Waals surface area contributed by atoms with E-state index in [9.17, 15) is 23.5 Å². The van der Waals surface area contributed by atoms with Crippen molar-refractivity contribution in [3.05, 3.63) is 88.6 Å². The van der Waals surface area contributed by atoms with Gasteiger partial charge in [-0.05, 0) is 85.2 Å². The summed E-state index contributed by atoms with van der Waals surface area (Å²) in [5, 5.41) is 23.9. The predicted octanol–water partition coefficient (Wildman–Crippen LogP) is 5.60. The maximum atomic E-state index is 14.0. The highest BCUT2D eigenvalue weighted by Gasteiger charge is 2.26. The number of amides is 1. The summed E-state index contributed by atoms with van der Waals surface area (Å²) in [4.78, 5) is 40.2. The molecule has 3 aromatic heterocycles. The number of aliphatic hydroxyl groups excluding tert-OH is 1. The van der Waals surface area contributed by atoms with Gasteiger partial charge < -0.3 is 20.5 Å². The Morgan fingerprint density at radius 1 is 1.02 bits per heavy atom. The Kier molecular flexibility index (Phi) is 10.4. The maximum absolute atomic E-state index is 14.0. The summed E-state index contributed by atoms with van der Waals surface area (Å²) in [6, 6.07) is 14.7. The van der Waals surface area contributed by atoms with Gasteiger partial charge in [0, 0.05) is 49.8 Å². The minimum atomic E-state index is -2.89. The second-order valence-corrected chi connectivity index (χ2v) is 13.5. The molecule has 1 saturated heterocycles. The number of aromatic nitrogens is 5. The molecule has 2 aliphatic heterocycles. The number of methoxy groups -OCH3 is 1. The van der Waals surface area contributed by atoms with Crippen molar-refractivity contribution in [3.63, 3.8) is 0 Å². The van der Waals surface area contributed by atoms with E-state index in [4.69, 9.17) is 4.74 Å². The third-order valence-corrected chi connectivity index (χ3v) is 9.90. The number of β-amino-alcohol motifs (C(OH)–C–C–N with tert-alkyl or cyclic N) is 1. The fraction of sp³-hybridized carbons (Fsp3) is 0.368. The van der Waals surface area contributed by atoms with Crippen molar-refractivity contribution in [1.82, 2.24) is 34.9 Å². The van der Waals surface area contributed by atoms with Crippen LogP contribution in [0.15, 0.2) is 54.7 Å². The van der Waals surface area contributed by atoms with Crippen LogP contribution in [0.3, 0.4) is 0 Å². The highest BCUT2D eigenvalue weighted by atomic mass is 19.3. The van der Waals surface area contributed by atoms with Gasteiger partial charge in [-0.1, -0.05) is 24.3 Å². The largest absolute Gasteiger partial charge is 0.468 e. The summed E-state index contributed by atoms with van der Waals surface area (Å²) in [6.45, 7) is 6.40. The van der Waals surface area contributed by atoms with Crippen molar-refractivity contribution in [2.24, 2.45) is 0 Å². The molecule has 2 aromatic carbocycles. The number of fused-ring (bicyclic) bond motifs is 2. The van der Waals surface area contributed by atoms with Gasteiger partial charge in [-0.2, -0.15) is 5.10 Å². The lowest BCUT2D eigenvalue weighted by atomic mass is 9.94. The van der Waals surface area contributed by atoms with E-state index in [-0.39, 0.29) is 42.1 Å². The number of hydrogen-bond acceptors (Lipinski definition) is 11. The molecule has 15 heteroatoms. The number of nitrogens with one attached hydrogen (secondary N) is 3. The lowest BCUT2D eigenvalue weighted by Gasteiger charge is -2.24. The second kappa shape index (κ2) is 15.3. The third kappa shape index (κ3) is 7.72. The molecule has 276 valence electrons. The van der Waals surface area contributed by atoms with E-state index < -0.39 is 12.2 Å². The molecule has 7 rings (SSSR count). The van der Waals surface area contributed by atoms with Crippen molar-refractivity contribution in [1.29, 1.82) is 0 Å². The summed E-state index contributed by atoms with van der Waals surface area (Å²) >= 11 is 0. The molecule has 2 atom stereocenters. The minimum Gasteiger partial charge on any atom is -0.468 e. The van der Waals surface area contributed by atoms with Crippen molar-refractivity contribution < 1.29 is 28.2 Å². The van der Waals surface area contributed by atoms with Gasteiger partial charge in [-0.3, -0.25) is 29.5 Å². The van der Waals surface area contributed by atoms with Crippen molar-refractivity contribution in [2.75, 3.05) is 37.4 Å². The smallest absolute Gasteiger partial charge is 0.319 e. The lowest BCUT2D eigenvalue weighted by molar-refractivity contribution is -0.139. The number of rotatable bonds is 11. The fourth-order valence-electron chi connectivity index (χ4n) is 7.08. The number of carbonyl (C=O) groups excluding carboxylic acids is 2. The summed E-state index contributed by atoms with van der Waals surface area (Å²) in [7, 11) is 1.34. The number of carbonyl (C=O) groups is 2. The Labute approximate surface area is 304 Å². The standard InChI is InChI=1S/C38H41F2N9O4/c1-21-25(26-8-5-10-28(22(26)2)45-38(52)31-16-32-29(41-18-33(51)53-3)11-6-13-49(32)47-31)7-4-9-27(21)43-36-34-30(44-37(46-36)35(39)40)15-23(17-42-34)19-48-14-12-24(50)20-48/h4-5,7-10,15-17,24,29,35,41,50H,6,11-14,18-20H2,1-3H3,(H,45,52)(H,43,44,46)/t24-,29-/m1/s1. The number of alkyl halides is 2. The van der Waals surface area contributed by atoms with Gasteiger partial charge in [-0.15, -0.1) is 0 Å². The first-order valence-corrected chi connectivity index (χ1v) is 17.6. The number of nitrogens with zero attached hydrogens (tertiary/aromatic N) is 6. The number of esters is 1. The highest BCUT2D eigenvalue weighted by Crippen LogP contribution is 2.36. The molecule has 0 spiro atoms. The van der Waals surface area contributed by atoms with Crippen LogP contribution in [0, 0.1) is 13.8 Å². The van der Waals surface area contributed by atoms with Crippen molar-refractivity contribution in [3.8, 4) is 11.1 Å². The van der Waals surface area contributed by atoms with Gasteiger partial charge in [0.05, 0.1) is 31.0 Å². The molecule has 2 aliphatic rings. The number of aliphatic hydroxyl groups is 1. The predicted molar refractivity (Wildman–Crippen MR) is 195 cm³/mol. The van der Waals surface area contributed by atoms with E-state index in [1.54, 1.807) is 23.0 Å². The Morgan fingerprint density at radius 3 is 2.49 bits per heavy atom. The van der Waals surface area contributed by atoms with Crippen LogP contribution in [0.25, 0.3) is 22.2 Å². The van der Waals surface area contributed by atoms with Gasteiger partial charge in [-0.25, -0.2) is 18.7 Å². The Bertz CT molecular complexity index is 2180. The van der Waals surface area contributed by atoms with Crippen LogP contribution in [0.4, 0.5) is 26.0 Å². The molecule has 0 aliphatic carbocycles. The van der Waals surface area contributed by atoms with E-state index >= 15 is 0 Å². The zero-order valence-corrected chi connectivity index (χ0v) is 29.7. The van der Waals surface area contributed by atoms with Crippen LogP contribution in [0.5, 0.6) is 0 Å². The zero-order chi connectivity index (χ0) is 37.2. The number of anilines is 3. The molecule has 0 unspecified atom stereocenters. The van der Waals surface area contributed by atoms with E-state index in [0.29, 0.717) is 48.5 Å². The van der Waals surface area contributed by atoms with Gasteiger partial charge in [0.1, 0.15) is 5.52 Å². The van der Waals surface area contributed by atoms with E-state index in [1.807, 2.05) is 50.2 Å². The number of pyridine rings is 1. The molecule has 5 heterocycles. The molecule has 1 fully saturated rings. The highest BCUT2D eigenvalue weighted by molar-refractivity contribution is 6.04. The van der Waals surface area contributed by atoms with E-state index in [1.165, 1.54) is 7.11 Å². The number of ether oxygens (including phenoxy) is 1. The lowest BCUT2D eigenvalue weighted by Crippen LogP contribution is -2.32. The number of aryl methyl sites for hydroxylation is 1. The normalized spacial score (nSPS) is 17.3. The fourth-order valence-corrected chi connectivity index (χ4v) is 7.08. The first-order valence-electron chi connectivity index (χ1n) is 17.6. The monoisotopic (exact) mass is 725 g/mol. The second-order valence-electron chi connectivity index (χ2n) is 13.5. The molecule has 5 aromatic rings. The third-order valence-electron chi connectivity index (χ3n) is 9.90. The average molecular weight is 726 g/mol. The first kappa shape index (κ1) is 36.0. The Morgan fingerprint density at radius 2 is 1.77 bits per heavy atom. The summed E-state index contributed by atoms with van der Waals surface area (Å²) < 4.78 is 34.6. The molecule has 53 heavy (non-hydrogen) atoms. The maximum Gasteiger partial charge on any atom is 0.319 e. The van der Waals surface area contributed by atoms with Crippen molar-refractivity contribution >= 4 is 40.1 Å². The quantitative estimate of drug-likeness (QED) is 0.126. The van der Waals surface area contributed by atoms with Crippen LogP contribution < -0.4 is 16.0 Å². The van der Waals surface area contributed by atoms with Crippen LogP contribution in [-0.4, -0.2) is 79.5 Å². The van der Waals surface area contributed by atoms with Gasteiger partial charge in [0.2, 0.25) is 0 Å². The summed E-state index contributed by atoms with van der Waals surface area (Å²) in [5.41, 5.74) is 7.24. The topological polar surface area (TPSA) is 159 Å². The summed E-state index contributed by atoms with van der Waals surface area (Å²) in [5.74, 6) is -1.16. The Hall–Kier alpha value is -5.38. The number of hydrogen-bond donors (Lipinski definition) is 4. The molecule has 0 saturated carbocycles. The van der Waals surface area contributed by atoms with E-state index in [0.717, 1.165) is 52.9 Å². The van der Waals surface area contributed by atoms with Crippen LogP contribution in [-0.2, 0) is 22.6 Å². The molecular weight excluding hydrogens is 684 g/mol. The van der Waals surface area contributed by atoms with Crippen LogP contribution in [0.1, 0.15) is 70.4 Å². The number of benzene rings is 2. The van der Waals surface area contributed by atoms with Gasteiger partial charge in [0.15, 0.2) is 17.3 Å². The number of likely N-dealkylation sites (tertiary alicyclic amines) is 1. The average Bonchev–Trinajstić information content (AvgIpc) is 3.78. The summed E-state index contributed by atoms with van der Waals surface area (Å²) in [6.07, 6.45) is 0.783. The molecule has 13 nitrogen and oxygen atoms in total. The van der Waals surface area contributed by atoms with Crippen molar-refractivity contribution in [2.45, 2.75) is 64.8 Å². The molecular formula is C38H41F2N9O4. The molecule has 4 N–H and O–H groups in total. The molecule has 0 bridgehead atoms. The van der Waals surface area contributed by atoms with Crippen LogP contribution in [0.2, 0.25) is 0 Å². The first-order chi connectivity index (χ1) is 25.6. The van der Waals surface area contributed by atoms with E-state index in [2.05, 4.69) is 40.9 Å². The Balaban J connectivity index is 1.13. The van der Waals surface area contributed by atoms with Gasteiger partial charge >= 0.3 is 5.97 Å². The molecule has 1 amide bonds. The molecule has 0 radical (unpaired) electrons. The zero-order valence-electron chi connectivity index (χ0n) is 29.7. The number of halogens is 2. The van der Waals surface area contributed by atoms with Crippen LogP contribution >= 0.6 is 0 Å². The SMILES string of the molecule is COC(=O)CN[C@@H]1CCCn2nc(C(=O)Nc3cccc(-c4cccc(Nc5nc(C(F)F)nc6cc(CN7CC[C@@H](O)C7)cnc56)c4C)c3C)cc21.